The summed E-state index contributed by atoms with van der Waals surface area (Å²) in [6, 6.07) is 13.2. The quantitative estimate of drug-likeness (QED) is 0.792. The van der Waals surface area contributed by atoms with Gasteiger partial charge >= 0.3 is 5.97 Å². The molecular weight excluding hydrogens is 312 g/mol. The predicted molar refractivity (Wildman–Crippen MR) is 102 cm³/mol. The number of carbonyl (C=O) groups is 1. The molecule has 0 atom stereocenters. The highest BCUT2D eigenvalue weighted by atomic mass is 16.5. The normalized spacial score (nSPS) is 12.1. The van der Waals surface area contributed by atoms with Crippen LogP contribution in [0.15, 0.2) is 42.5 Å². The lowest BCUT2D eigenvalue weighted by Gasteiger charge is -2.27. The number of carboxylic acids is 1. The van der Waals surface area contributed by atoms with E-state index in [2.05, 4.69) is 53.7 Å². The molecule has 0 aliphatic carbocycles. The van der Waals surface area contributed by atoms with Crippen LogP contribution in [-0.2, 0) is 17.4 Å². The highest BCUT2D eigenvalue weighted by Crippen LogP contribution is 2.35. The minimum Gasteiger partial charge on any atom is -0.489 e. The van der Waals surface area contributed by atoms with Gasteiger partial charge in [0.2, 0.25) is 0 Å². The van der Waals surface area contributed by atoms with Crippen molar-refractivity contribution in [1.29, 1.82) is 0 Å². The Labute approximate surface area is 150 Å². The summed E-state index contributed by atoms with van der Waals surface area (Å²) in [6.07, 6.45) is 0. The molecule has 0 saturated carbocycles. The molecule has 3 nitrogen and oxygen atoms in total. The summed E-state index contributed by atoms with van der Waals surface area (Å²) in [6.45, 7) is 13.6. The van der Waals surface area contributed by atoms with Crippen LogP contribution in [0.25, 0.3) is 0 Å². The maximum absolute atomic E-state index is 10.9. The van der Waals surface area contributed by atoms with Crippen molar-refractivity contribution in [3.05, 3.63) is 64.7 Å². The Bertz CT molecular complexity index is 744. The number of hydrogen-bond acceptors (Lipinski definition) is 2. The molecular formula is C22H28O3. The van der Waals surface area contributed by atoms with Gasteiger partial charge in [0.1, 0.15) is 12.4 Å². The van der Waals surface area contributed by atoms with Crippen LogP contribution in [0.2, 0.25) is 0 Å². The van der Waals surface area contributed by atoms with E-state index < -0.39 is 5.97 Å². The largest absolute Gasteiger partial charge is 0.489 e. The molecule has 2 rings (SSSR count). The Balaban J connectivity index is 2.25. The van der Waals surface area contributed by atoms with Gasteiger partial charge in [-0.3, -0.25) is 0 Å². The van der Waals surface area contributed by atoms with Crippen molar-refractivity contribution >= 4 is 5.97 Å². The highest BCUT2D eigenvalue weighted by Gasteiger charge is 2.23. The zero-order valence-electron chi connectivity index (χ0n) is 16.0. The van der Waals surface area contributed by atoms with E-state index in [0.29, 0.717) is 6.61 Å². The maximum Gasteiger partial charge on any atom is 0.335 e. The van der Waals surface area contributed by atoms with E-state index in [-0.39, 0.29) is 16.4 Å². The first-order valence-electron chi connectivity index (χ1n) is 8.58. The lowest BCUT2D eigenvalue weighted by molar-refractivity contribution is 0.0697. The summed E-state index contributed by atoms with van der Waals surface area (Å²) in [4.78, 5) is 10.9. The van der Waals surface area contributed by atoms with Crippen molar-refractivity contribution in [2.75, 3.05) is 0 Å². The number of carboxylic acid groups (broad SMARTS) is 1. The lowest BCUT2D eigenvalue weighted by atomic mass is 9.80. The van der Waals surface area contributed by atoms with E-state index in [9.17, 15) is 4.79 Å². The molecule has 1 N–H and O–H groups in total. The highest BCUT2D eigenvalue weighted by molar-refractivity contribution is 5.87. The molecule has 0 aliphatic rings. The van der Waals surface area contributed by atoms with Crippen LogP contribution in [0.1, 0.15) is 68.6 Å². The third-order valence-corrected chi connectivity index (χ3v) is 4.25. The first-order chi connectivity index (χ1) is 11.5. The van der Waals surface area contributed by atoms with Crippen LogP contribution in [0.5, 0.6) is 5.75 Å². The van der Waals surface area contributed by atoms with E-state index in [1.807, 2.05) is 6.07 Å². The van der Waals surface area contributed by atoms with Crippen molar-refractivity contribution in [1.82, 2.24) is 0 Å². The number of ether oxygens (including phenoxy) is 1. The summed E-state index contributed by atoms with van der Waals surface area (Å²) in [7, 11) is 0. The van der Waals surface area contributed by atoms with Gasteiger partial charge in [-0.15, -0.1) is 0 Å². The lowest BCUT2D eigenvalue weighted by Crippen LogP contribution is -2.17. The first-order valence-corrected chi connectivity index (χ1v) is 8.58. The molecule has 0 spiro atoms. The van der Waals surface area contributed by atoms with Gasteiger partial charge in [-0.25, -0.2) is 4.79 Å². The third-order valence-electron chi connectivity index (χ3n) is 4.25. The molecule has 0 fully saturated rings. The molecule has 0 bridgehead atoms. The van der Waals surface area contributed by atoms with Gasteiger partial charge in [-0.1, -0.05) is 65.8 Å². The monoisotopic (exact) mass is 340 g/mol. The van der Waals surface area contributed by atoms with E-state index >= 15 is 0 Å². The Morgan fingerprint density at radius 2 is 1.52 bits per heavy atom. The molecule has 2 aromatic carbocycles. The minimum absolute atomic E-state index is 0.0240. The first kappa shape index (κ1) is 19.0. The second-order valence-corrected chi connectivity index (χ2v) is 8.50. The molecule has 3 heteroatoms. The minimum atomic E-state index is -0.916. The van der Waals surface area contributed by atoms with E-state index in [0.717, 1.165) is 11.3 Å². The fourth-order valence-electron chi connectivity index (χ4n) is 2.61. The van der Waals surface area contributed by atoms with E-state index in [4.69, 9.17) is 9.84 Å². The number of rotatable bonds is 4. The average Bonchev–Trinajstić information content (AvgIpc) is 2.51. The molecule has 0 heterocycles. The topological polar surface area (TPSA) is 46.5 Å². The second kappa shape index (κ2) is 6.91. The SMILES string of the molecule is CC(C)(C)c1ccc(OCc2ccc(C(=O)O)cc2)c(C(C)(C)C)c1. The third kappa shape index (κ3) is 4.85. The van der Waals surface area contributed by atoms with Gasteiger partial charge in [0.05, 0.1) is 5.56 Å². The molecule has 25 heavy (non-hydrogen) atoms. The van der Waals surface area contributed by atoms with Crippen LogP contribution < -0.4 is 4.74 Å². The van der Waals surface area contributed by atoms with Crippen molar-refractivity contribution in [2.24, 2.45) is 0 Å². The molecule has 2 aromatic rings. The van der Waals surface area contributed by atoms with Crippen LogP contribution >= 0.6 is 0 Å². The van der Waals surface area contributed by atoms with Gasteiger partial charge in [-0.2, -0.15) is 0 Å². The van der Waals surface area contributed by atoms with Gasteiger partial charge in [-0.05, 0) is 45.7 Å². The summed E-state index contributed by atoms with van der Waals surface area (Å²) >= 11 is 0. The second-order valence-electron chi connectivity index (χ2n) is 8.50. The average molecular weight is 340 g/mol. The zero-order valence-corrected chi connectivity index (χ0v) is 16.0. The predicted octanol–water partition coefficient (Wildman–Crippen LogP) is 5.56. The van der Waals surface area contributed by atoms with E-state index in [1.165, 1.54) is 11.1 Å². The Kier molecular flexibility index (Phi) is 5.26. The summed E-state index contributed by atoms with van der Waals surface area (Å²) in [5, 5.41) is 8.97. The van der Waals surface area contributed by atoms with Gasteiger partial charge in [0.25, 0.3) is 0 Å². The molecule has 0 unspecified atom stereocenters. The Morgan fingerprint density at radius 3 is 2.00 bits per heavy atom. The van der Waals surface area contributed by atoms with Crippen molar-refractivity contribution in [2.45, 2.75) is 59.0 Å². The van der Waals surface area contributed by atoms with Crippen molar-refractivity contribution in [3.63, 3.8) is 0 Å². The number of hydrogen-bond donors (Lipinski definition) is 1. The van der Waals surface area contributed by atoms with Crippen LogP contribution in [-0.4, -0.2) is 11.1 Å². The molecule has 0 saturated heterocycles. The fourth-order valence-corrected chi connectivity index (χ4v) is 2.61. The zero-order chi connectivity index (χ0) is 18.8. The fraction of sp³-hybridized carbons (Fsp3) is 0.409. The molecule has 0 aliphatic heterocycles. The smallest absolute Gasteiger partial charge is 0.335 e. The molecule has 0 aromatic heterocycles. The molecule has 0 amide bonds. The van der Waals surface area contributed by atoms with Gasteiger partial charge in [0.15, 0.2) is 0 Å². The summed E-state index contributed by atoms with van der Waals surface area (Å²) in [5.41, 5.74) is 3.77. The Morgan fingerprint density at radius 1 is 0.920 bits per heavy atom. The molecule has 0 radical (unpaired) electrons. The van der Waals surface area contributed by atoms with Crippen LogP contribution in [0, 0.1) is 0 Å². The van der Waals surface area contributed by atoms with Gasteiger partial charge < -0.3 is 9.84 Å². The maximum atomic E-state index is 10.9. The standard InChI is InChI=1S/C22H28O3/c1-21(2,3)17-11-12-19(18(13-17)22(4,5)6)25-14-15-7-9-16(10-8-15)20(23)24/h7-13H,14H2,1-6H3,(H,23,24). The number of benzene rings is 2. The van der Waals surface area contributed by atoms with Gasteiger partial charge in [0, 0.05) is 0 Å². The van der Waals surface area contributed by atoms with Crippen molar-refractivity contribution < 1.29 is 14.6 Å². The Hall–Kier alpha value is -2.29. The van der Waals surface area contributed by atoms with Crippen molar-refractivity contribution in [3.8, 4) is 5.75 Å². The number of aromatic carboxylic acids is 1. The summed E-state index contributed by atoms with van der Waals surface area (Å²) < 4.78 is 6.07. The molecule has 134 valence electrons. The summed E-state index contributed by atoms with van der Waals surface area (Å²) in [5.74, 6) is -0.0388. The van der Waals surface area contributed by atoms with Crippen LogP contribution in [0.4, 0.5) is 0 Å². The van der Waals surface area contributed by atoms with E-state index in [1.54, 1.807) is 24.3 Å². The van der Waals surface area contributed by atoms with Crippen LogP contribution in [0.3, 0.4) is 0 Å².